The number of hydrogen-bond donors (Lipinski definition) is 0. The molecule has 1 amide bonds. The molecule has 152 valence electrons. The van der Waals surface area contributed by atoms with Gasteiger partial charge in [-0.25, -0.2) is 4.98 Å². The van der Waals surface area contributed by atoms with E-state index in [0.29, 0.717) is 29.7 Å². The maximum absolute atomic E-state index is 13.4. The zero-order valence-electron chi connectivity index (χ0n) is 16.6. The molecule has 8 heteroatoms. The number of carbonyl (C=O) groups is 1. The predicted octanol–water partition coefficient (Wildman–Crippen LogP) is 3.04. The van der Waals surface area contributed by atoms with Crippen molar-refractivity contribution in [1.29, 1.82) is 0 Å². The number of likely N-dealkylation sites (N-methyl/N-ethyl adjacent to an activating group) is 1. The number of para-hydroxylation sites is 2. The number of ether oxygens (including phenoxy) is 3. The summed E-state index contributed by atoms with van der Waals surface area (Å²) in [5, 5.41) is 0.641. The molecule has 2 heterocycles. The zero-order chi connectivity index (χ0) is 20.4. The number of anilines is 1. The largest absolute Gasteiger partial charge is 0.497 e. The number of hydrogen-bond acceptors (Lipinski definition) is 7. The normalized spacial score (nSPS) is 15.5. The van der Waals surface area contributed by atoms with Crippen LogP contribution in [0.25, 0.3) is 10.2 Å². The van der Waals surface area contributed by atoms with Crippen molar-refractivity contribution in [2.45, 2.75) is 6.10 Å². The average Bonchev–Trinajstić information content (AvgIpc) is 3.15. The van der Waals surface area contributed by atoms with Crippen LogP contribution >= 0.6 is 11.3 Å². The van der Waals surface area contributed by atoms with Crippen molar-refractivity contribution in [3.63, 3.8) is 0 Å². The predicted molar refractivity (Wildman–Crippen MR) is 113 cm³/mol. The summed E-state index contributed by atoms with van der Waals surface area (Å²) >= 11 is 1.48. The smallest absolute Gasteiger partial charge is 0.273 e. The lowest BCUT2D eigenvalue weighted by atomic mass is 10.2. The number of fused-ring (bicyclic) bond motifs is 2. The van der Waals surface area contributed by atoms with Crippen molar-refractivity contribution in [3.05, 3.63) is 42.5 Å². The first kappa shape index (κ1) is 19.5. The quantitative estimate of drug-likeness (QED) is 0.619. The van der Waals surface area contributed by atoms with Gasteiger partial charge in [0.25, 0.3) is 5.91 Å². The number of rotatable bonds is 6. The molecule has 7 nitrogen and oxygen atoms in total. The molecule has 0 aliphatic carbocycles. The average molecular weight is 413 g/mol. The van der Waals surface area contributed by atoms with Gasteiger partial charge in [-0.3, -0.25) is 9.69 Å². The van der Waals surface area contributed by atoms with Crippen LogP contribution in [-0.4, -0.2) is 62.8 Å². The van der Waals surface area contributed by atoms with Crippen LogP contribution in [0, 0.1) is 0 Å². The van der Waals surface area contributed by atoms with E-state index in [1.54, 1.807) is 12.0 Å². The van der Waals surface area contributed by atoms with Gasteiger partial charge in [-0.1, -0.05) is 23.5 Å². The van der Waals surface area contributed by atoms with Gasteiger partial charge in [0, 0.05) is 19.2 Å². The summed E-state index contributed by atoms with van der Waals surface area (Å²) in [6.07, 6.45) is -0.714. The molecule has 0 saturated carbocycles. The standard InChI is InChI=1S/C21H23N3O4S/c1-23(2)10-11-24(21-22-15-12-14(26-3)8-9-19(15)29-21)20(25)18-13-27-16-6-4-5-7-17(16)28-18/h4-9,12,18H,10-11,13H2,1-3H3/t18-/m1/s1. The molecule has 0 bridgehead atoms. The molecule has 1 aliphatic rings. The minimum Gasteiger partial charge on any atom is -0.497 e. The highest BCUT2D eigenvalue weighted by Crippen LogP contribution is 2.34. The van der Waals surface area contributed by atoms with Crippen molar-refractivity contribution in [2.24, 2.45) is 0 Å². The Balaban J connectivity index is 1.62. The van der Waals surface area contributed by atoms with Gasteiger partial charge in [0.1, 0.15) is 12.4 Å². The van der Waals surface area contributed by atoms with Crippen LogP contribution in [0.4, 0.5) is 5.13 Å². The second-order valence-corrected chi connectivity index (χ2v) is 8.00. The molecule has 0 radical (unpaired) electrons. The van der Waals surface area contributed by atoms with Gasteiger partial charge in [0.05, 0.1) is 17.3 Å². The maximum atomic E-state index is 13.4. The first-order valence-electron chi connectivity index (χ1n) is 9.34. The van der Waals surface area contributed by atoms with E-state index in [1.165, 1.54) is 11.3 Å². The highest BCUT2D eigenvalue weighted by Gasteiger charge is 2.33. The van der Waals surface area contributed by atoms with E-state index in [-0.39, 0.29) is 12.5 Å². The molecule has 4 rings (SSSR count). The minimum absolute atomic E-state index is 0.160. The molecule has 29 heavy (non-hydrogen) atoms. The van der Waals surface area contributed by atoms with E-state index in [9.17, 15) is 4.79 Å². The van der Waals surface area contributed by atoms with Crippen LogP contribution in [0.1, 0.15) is 0 Å². The number of methoxy groups -OCH3 is 1. The van der Waals surface area contributed by atoms with Crippen LogP contribution in [0.3, 0.4) is 0 Å². The molecule has 0 spiro atoms. The Morgan fingerprint density at radius 3 is 2.76 bits per heavy atom. The van der Waals surface area contributed by atoms with Gasteiger partial charge in [0.15, 0.2) is 16.6 Å². The Kier molecular flexibility index (Phi) is 5.55. The third kappa shape index (κ3) is 4.13. The molecule has 1 aromatic heterocycles. The van der Waals surface area contributed by atoms with Crippen LogP contribution in [0.15, 0.2) is 42.5 Å². The minimum atomic E-state index is -0.714. The van der Waals surface area contributed by atoms with Gasteiger partial charge in [-0.15, -0.1) is 0 Å². The lowest BCUT2D eigenvalue weighted by Gasteiger charge is -2.30. The fraction of sp³-hybridized carbons (Fsp3) is 0.333. The first-order chi connectivity index (χ1) is 14.0. The fourth-order valence-corrected chi connectivity index (χ4v) is 4.03. The maximum Gasteiger partial charge on any atom is 0.273 e. The van der Waals surface area contributed by atoms with E-state index >= 15 is 0 Å². The molecule has 0 N–H and O–H groups in total. The number of benzene rings is 2. The van der Waals surface area contributed by atoms with Crippen molar-refractivity contribution in [3.8, 4) is 17.2 Å². The lowest BCUT2D eigenvalue weighted by Crippen LogP contribution is -2.48. The molecule has 1 aliphatic heterocycles. The number of carbonyl (C=O) groups excluding carboxylic acids is 1. The van der Waals surface area contributed by atoms with Crippen LogP contribution in [-0.2, 0) is 4.79 Å². The van der Waals surface area contributed by atoms with Gasteiger partial charge >= 0.3 is 0 Å². The van der Waals surface area contributed by atoms with E-state index in [1.807, 2.05) is 61.5 Å². The SMILES string of the molecule is COc1ccc2sc(N(CCN(C)C)C(=O)[C@H]3COc4ccccc4O3)nc2c1. The Morgan fingerprint density at radius 1 is 1.21 bits per heavy atom. The summed E-state index contributed by atoms with van der Waals surface area (Å²) < 4.78 is 18.0. The summed E-state index contributed by atoms with van der Waals surface area (Å²) in [6.45, 7) is 1.38. The lowest BCUT2D eigenvalue weighted by molar-refractivity contribution is -0.127. The summed E-state index contributed by atoms with van der Waals surface area (Å²) in [5.41, 5.74) is 0.804. The Hall–Kier alpha value is -2.84. The van der Waals surface area contributed by atoms with Crippen molar-refractivity contribution in [1.82, 2.24) is 9.88 Å². The van der Waals surface area contributed by atoms with Crippen LogP contribution in [0.2, 0.25) is 0 Å². The van der Waals surface area contributed by atoms with E-state index in [0.717, 1.165) is 16.0 Å². The molecule has 0 fully saturated rings. The highest BCUT2D eigenvalue weighted by atomic mass is 32.1. The topological polar surface area (TPSA) is 64.1 Å². The van der Waals surface area contributed by atoms with E-state index in [4.69, 9.17) is 14.2 Å². The Bertz CT molecular complexity index is 1020. The first-order valence-corrected chi connectivity index (χ1v) is 10.2. The second-order valence-electron chi connectivity index (χ2n) is 6.99. The Morgan fingerprint density at radius 2 is 2.00 bits per heavy atom. The van der Waals surface area contributed by atoms with E-state index < -0.39 is 6.10 Å². The van der Waals surface area contributed by atoms with Gasteiger partial charge < -0.3 is 19.1 Å². The van der Waals surface area contributed by atoms with Crippen molar-refractivity contribution < 1.29 is 19.0 Å². The third-order valence-electron chi connectivity index (χ3n) is 4.64. The number of nitrogens with zero attached hydrogens (tertiary/aromatic N) is 3. The zero-order valence-corrected chi connectivity index (χ0v) is 17.4. The summed E-state index contributed by atoms with van der Waals surface area (Å²) in [6, 6.07) is 13.1. The molecule has 0 saturated heterocycles. The van der Waals surface area contributed by atoms with E-state index in [2.05, 4.69) is 4.98 Å². The van der Waals surface area contributed by atoms with Crippen LogP contribution < -0.4 is 19.1 Å². The molecular weight excluding hydrogens is 390 g/mol. The van der Waals surface area contributed by atoms with Crippen molar-refractivity contribution in [2.75, 3.05) is 45.8 Å². The van der Waals surface area contributed by atoms with Gasteiger partial charge in [0.2, 0.25) is 6.10 Å². The molecular formula is C21H23N3O4S. The van der Waals surface area contributed by atoms with Gasteiger partial charge in [-0.2, -0.15) is 0 Å². The summed E-state index contributed by atoms with van der Waals surface area (Å²) in [5.74, 6) is 1.82. The number of amides is 1. The molecule has 2 aromatic carbocycles. The summed E-state index contributed by atoms with van der Waals surface area (Å²) in [7, 11) is 5.57. The highest BCUT2D eigenvalue weighted by molar-refractivity contribution is 7.22. The number of thiazole rings is 1. The van der Waals surface area contributed by atoms with Crippen LogP contribution in [0.5, 0.6) is 17.2 Å². The van der Waals surface area contributed by atoms with Crippen molar-refractivity contribution >= 4 is 32.6 Å². The third-order valence-corrected chi connectivity index (χ3v) is 5.69. The monoisotopic (exact) mass is 413 g/mol. The fourth-order valence-electron chi connectivity index (χ4n) is 3.05. The molecule has 3 aromatic rings. The summed E-state index contributed by atoms with van der Waals surface area (Å²) in [4.78, 5) is 21.8. The molecule has 0 unspecified atom stereocenters. The molecule has 1 atom stereocenters. The number of aromatic nitrogens is 1. The second kappa shape index (κ2) is 8.26. The van der Waals surface area contributed by atoms with Gasteiger partial charge in [-0.05, 0) is 38.4 Å². The Labute approximate surface area is 173 Å².